The third-order valence-corrected chi connectivity index (χ3v) is 5.09. The maximum atomic E-state index is 14.4. The summed E-state index contributed by atoms with van der Waals surface area (Å²) in [6, 6.07) is 16.0. The molecule has 0 fully saturated rings. The van der Waals surface area contributed by atoms with E-state index in [1.165, 1.54) is 6.07 Å². The van der Waals surface area contributed by atoms with Crippen molar-refractivity contribution in [3.63, 3.8) is 0 Å². The van der Waals surface area contributed by atoms with E-state index >= 15 is 0 Å². The number of hydrogen-bond acceptors (Lipinski definition) is 5. The Morgan fingerprint density at radius 3 is 2.50 bits per heavy atom. The van der Waals surface area contributed by atoms with Crippen LogP contribution in [0, 0.1) is 12.7 Å². The predicted octanol–water partition coefficient (Wildman–Crippen LogP) is 4.72. The van der Waals surface area contributed by atoms with Crippen LogP contribution in [0.1, 0.15) is 31.5 Å². The lowest BCUT2D eigenvalue weighted by molar-refractivity contribution is 0.0195. The third-order valence-electron chi connectivity index (χ3n) is 5.09. The van der Waals surface area contributed by atoms with E-state index in [1.807, 2.05) is 44.2 Å². The molecule has 1 heterocycles. The molecule has 0 bridgehead atoms. The molecular formula is C25H32FN3O3. The molecule has 1 aromatic heterocycles. The van der Waals surface area contributed by atoms with Gasteiger partial charge in [-0.3, -0.25) is 4.90 Å². The molecule has 0 amide bonds. The van der Waals surface area contributed by atoms with Gasteiger partial charge in [0.05, 0.1) is 29.7 Å². The summed E-state index contributed by atoms with van der Waals surface area (Å²) in [6.45, 7) is 8.54. The smallest absolute Gasteiger partial charge is 0.227 e. The minimum Gasteiger partial charge on any atom is -0.435 e. The Balaban J connectivity index is 1.96. The van der Waals surface area contributed by atoms with E-state index in [2.05, 4.69) is 11.8 Å². The number of aryl methyl sites for hydroxylation is 1. The van der Waals surface area contributed by atoms with E-state index < -0.39 is 11.9 Å². The van der Waals surface area contributed by atoms with Crippen molar-refractivity contribution in [1.82, 2.24) is 14.7 Å². The van der Waals surface area contributed by atoms with E-state index in [9.17, 15) is 9.50 Å². The molecule has 0 unspecified atom stereocenters. The van der Waals surface area contributed by atoms with Crippen molar-refractivity contribution in [3.8, 4) is 17.3 Å². The maximum absolute atomic E-state index is 14.4. The minimum atomic E-state index is -0.595. The topological polar surface area (TPSA) is 59.8 Å². The molecular weight excluding hydrogens is 409 g/mol. The van der Waals surface area contributed by atoms with Gasteiger partial charge in [-0.15, -0.1) is 0 Å². The molecule has 0 spiro atoms. The molecule has 3 aromatic rings. The fraction of sp³-hybridized carbons (Fsp3) is 0.400. The van der Waals surface area contributed by atoms with Crippen molar-refractivity contribution in [3.05, 3.63) is 71.7 Å². The van der Waals surface area contributed by atoms with Crippen molar-refractivity contribution in [2.24, 2.45) is 0 Å². The van der Waals surface area contributed by atoms with Crippen molar-refractivity contribution in [1.29, 1.82) is 0 Å². The molecule has 2 aromatic carbocycles. The van der Waals surface area contributed by atoms with Crippen molar-refractivity contribution in [2.45, 2.75) is 39.8 Å². The Morgan fingerprint density at radius 1 is 1.09 bits per heavy atom. The highest BCUT2D eigenvalue weighted by Crippen LogP contribution is 2.32. The largest absolute Gasteiger partial charge is 0.435 e. The number of aromatic nitrogens is 2. The zero-order valence-corrected chi connectivity index (χ0v) is 19.0. The molecule has 0 aliphatic heterocycles. The molecule has 172 valence electrons. The highest BCUT2D eigenvalue weighted by atomic mass is 19.1. The summed E-state index contributed by atoms with van der Waals surface area (Å²) >= 11 is 0. The number of hydrogen-bond donors (Lipinski definition) is 1. The van der Waals surface area contributed by atoms with Crippen LogP contribution in [0.3, 0.4) is 0 Å². The second kappa shape index (κ2) is 11.8. The normalized spacial score (nSPS) is 12.3. The van der Waals surface area contributed by atoms with E-state index in [0.717, 1.165) is 29.9 Å². The van der Waals surface area contributed by atoms with Crippen LogP contribution in [-0.4, -0.2) is 52.2 Å². The van der Waals surface area contributed by atoms with Gasteiger partial charge in [0.15, 0.2) is 11.6 Å². The molecule has 1 N–H and O–H groups in total. The summed E-state index contributed by atoms with van der Waals surface area (Å²) < 4.78 is 27.6. The van der Waals surface area contributed by atoms with E-state index in [1.54, 1.807) is 22.9 Å². The van der Waals surface area contributed by atoms with Gasteiger partial charge >= 0.3 is 0 Å². The SMILES string of the molecule is CCCN(Cc1c(C)nn(-c2ccccc2)c1Oc1ccccc1F)C[C@@H](O)COCC. The van der Waals surface area contributed by atoms with Crippen LogP contribution in [0.2, 0.25) is 0 Å². The third kappa shape index (κ3) is 6.16. The Hall–Kier alpha value is -2.74. The van der Waals surface area contributed by atoms with Crippen LogP contribution in [0.25, 0.3) is 5.69 Å². The molecule has 0 saturated carbocycles. The van der Waals surface area contributed by atoms with Crippen LogP contribution < -0.4 is 4.74 Å². The average molecular weight is 442 g/mol. The summed E-state index contributed by atoms with van der Waals surface area (Å²) in [5.74, 6) is 0.179. The summed E-state index contributed by atoms with van der Waals surface area (Å²) in [5, 5.41) is 15.1. The zero-order valence-electron chi connectivity index (χ0n) is 19.0. The van der Waals surface area contributed by atoms with Crippen LogP contribution in [0.5, 0.6) is 11.6 Å². The van der Waals surface area contributed by atoms with Crippen LogP contribution >= 0.6 is 0 Å². The first kappa shape index (κ1) is 23.9. The number of para-hydroxylation sites is 2. The fourth-order valence-corrected chi connectivity index (χ4v) is 3.58. The lowest BCUT2D eigenvalue weighted by atomic mass is 10.2. The first-order chi connectivity index (χ1) is 15.5. The molecule has 3 rings (SSSR count). The highest BCUT2D eigenvalue weighted by molar-refractivity contribution is 5.43. The molecule has 32 heavy (non-hydrogen) atoms. The number of aliphatic hydroxyl groups excluding tert-OH is 1. The molecule has 6 nitrogen and oxygen atoms in total. The summed E-state index contributed by atoms with van der Waals surface area (Å²) in [5.41, 5.74) is 2.47. The number of rotatable bonds is 12. The van der Waals surface area contributed by atoms with Gasteiger partial charge in [0.1, 0.15) is 0 Å². The highest BCUT2D eigenvalue weighted by Gasteiger charge is 2.23. The summed E-state index contributed by atoms with van der Waals surface area (Å²) in [4.78, 5) is 2.15. The maximum Gasteiger partial charge on any atom is 0.227 e. The molecule has 0 radical (unpaired) electrons. The Labute approximate surface area is 189 Å². The van der Waals surface area contributed by atoms with Gasteiger partial charge in [0.2, 0.25) is 5.88 Å². The van der Waals surface area contributed by atoms with Crippen molar-refractivity contribution >= 4 is 0 Å². The van der Waals surface area contributed by atoms with Crippen LogP contribution in [0.4, 0.5) is 4.39 Å². The quantitative estimate of drug-likeness (QED) is 0.441. The molecule has 0 saturated heterocycles. The zero-order chi connectivity index (χ0) is 22.9. The van der Waals surface area contributed by atoms with Crippen molar-refractivity contribution in [2.75, 3.05) is 26.3 Å². The average Bonchev–Trinajstić information content (AvgIpc) is 3.09. The first-order valence-corrected chi connectivity index (χ1v) is 11.1. The minimum absolute atomic E-state index is 0.143. The number of halogens is 1. The van der Waals surface area contributed by atoms with Gasteiger partial charge in [-0.05, 0) is 51.1 Å². The van der Waals surface area contributed by atoms with Gasteiger partial charge in [-0.2, -0.15) is 5.10 Å². The molecule has 1 atom stereocenters. The second-order valence-corrected chi connectivity index (χ2v) is 7.70. The van der Waals surface area contributed by atoms with Gasteiger partial charge in [-0.1, -0.05) is 37.3 Å². The van der Waals surface area contributed by atoms with Gasteiger partial charge in [0, 0.05) is 19.7 Å². The van der Waals surface area contributed by atoms with Crippen LogP contribution in [0.15, 0.2) is 54.6 Å². The lowest BCUT2D eigenvalue weighted by Crippen LogP contribution is -2.35. The van der Waals surface area contributed by atoms with Gasteiger partial charge in [-0.25, -0.2) is 9.07 Å². The molecule has 0 aliphatic carbocycles. The number of benzene rings is 2. The first-order valence-electron chi connectivity index (χ1n) is 11.1. The number of aliphatic hydroxyl groups is 1. The number of nitrogens with zero attached hydrogens (tertiary/aromatic N) is 3. The Bertz CT molecular complexity index is 978. The van der Waals surface area contributed by atoms with Gasteiger partial charge in [0.25, 0.3) is 0 Å². The second-order valence-electron chi connectivity index (χ2n) is 7.70. The fourth-order valence-electron chi connectivity index (χ4n) is 3.58. The Kier molecular flexibility index (Phi) is 8.79. The van der Waals surface area contributed by atoms with E-state index in [4.69, 9.17) is 14.6 Å². The van der Waals surface area contributed by atoms with Gasteiger partial charge < -0.3 is 14.6 Å². The van der Waals surface area contributed by atoms with E-state index in [-0.39, 0.29) is 12.4 Å². The summed E-state index contributed by atoms with van der Waals surface area (Å²) in [6.07, 6.45) is 0.332. The monoisotopic (exact) mass is 441 g/mol. The molecule has 0 aliphatic rings. The Morgan fingerprint density at radius 2 is 1.81 bits per heavy atom. The standard InChI is InChI=1S/C25H32FN3O3/c1-4-15-28(16-21(30)18-31-5-2)17-22-19(3)27-29(20-11-7-6-8-12-20)25(22)32-24-14-10-9-13-23(24)26/h6-14,21,30H,4-5,15-18H2,1-3H3/t21-/m1/s1. The van der Waals surface area contributed by atoms with E-state index in [0.29, 0.717) is 25.6 Å². The summed E-state index contributed by atoms with van der Waals surface area (Å²) in [7, 11) is 0. The van der Waals surface area contributed by atoms with Crippen molar-refractivity contribution < 1.29 is 19.0 Å². The number of ether oxygens (including phenoxy) is 2. The molecule has 7 heteroatoms. The predicted molar refractivity (Wildman–Crippen MR) is 123 cm³/mol. The lowest BCUT2D eigenvalue weighted by Gasteiger charge is -2.25. The van der Waals surface area contributed by atoms with Crippen LogP contribution in [-0.2, 0) is 11.3 Å².